The SMILES string of the molecule is C[C@H](N)c1ccc(N2C=CC(F)=CC2)nc1.Cl. The number of nitrogens with two attached hydrogens (primary N) is 1. The lowest BCUT2D eigenvalue weighted by atomic mass is 10.1. The maximum atomic E-state index is 12.8. The number of halogens is 2. The van der Waals surface area contributed by atoms with Crippen molar-refractivity contribution in [3.63, 3.8) is 0 Å². The van der Waals surface area contributed by atoms with Gasteiger partial charge in [0.15, 0.2) is 0 Å². The predicted molar refractivity (Wildman–Crippen MR) is 69.8 cm³/mol. The molecule has 0 unspecified atom stereocenters. The molecule has 1 aromatic heterocycles. The Bertz CT molecular complexity index is 426. The first-order chi connectivity index (χ1) is 7.66. The van der Waals surface area contributed by atoms with Crippen LogP contribution in [0.25, 0.3) is 0 Å². The van der Waals surface area contributed by atoms with Crippen molar-refractivity contribution in [1.29, 1.82) is 0 Å². The minimum Gasteiger partial charge on any atom is -0.329 e. The third-order valence-electron chi connectivity index (χ3n) is 2.49. The second-order valence-corrected chi connectivity index (χ2v) is 3.80. The van der Waals surface area contributed by atoms with Crippen LogP contribution in [0.15, 0.2) is 42.5 Å². The Morgan fingerprint density at radius 3 is 2.71 bits per heavy atom. The molecule has 0 aliphatic carbocycles. The molecule has 1 aliphatic heterocycles. The van der Waals surface area contributed by atoms with Crippen LogP contribution >= 0.6 is 12.4 Å². The molecule has 0 radical (unpaired) electrons. The molecule has 0 saturated heterocycles. The fourth-order valence-electron chi connectivity index (χ4n) is 1.48. The third-order valence-corrected chi connectivity index (χ3v) is 2.49. The van der Waals surface area contributed by atoms with Crippen molar-refractivity contribution < 1.29 is 4.39 Å². The molecule has 1 atom stereocenters. The first-order valence-corrected chi connectivity index (χ1v) is 5.19. The van der Waals surface area contributed by atoms with E-state index in [1.54, 1.807) is 12.4 Å². The van der Waals surface area contributed by atoms with Gasteiger partial charge < -0.3 is 10.6 Å². The highest BCUT2D eigenvalue weighted by atomic mass is 35.5. The summed E-state index contributed by atoms with van der Waals surface area (Å²) < 4.78 is 12.8. The van der Waals surface area contributed by atoms with Gasteiger partial charge in [0.1, 0.15) is 11.6 Å². The summed E-state index contributed by atoms with van der Waals surface area (Å²) in [7, 11) is 0. The number of hydrogen-bond acceptors (Lipinski definition) is 3. The monoisotopic (exact) mass is 255 g/mol. The van der Waals surface area contributed by atoms with Crippen molar-refractivity contribution in [3.05, 3.63) is 48.1 Å². The minimum atomic E-state index is -0.205. The lowest BCUT2D eigenvalue weighted by Gasteiger charge is -2.20. The van der Waals surface area contributed by atoms with Gasteiger partial charge in [0.05, 0.1) is 0 Å². The summed E-state index contributed by atoms with van der Waals surface area (Å²) in [5.74, 6) is 0.591. The van der Waals surface area contributed by atoms with Crippen molar-refractivity contribution in [3.8, 4) is 0 Å². The van der Waals surface area contributed by atoms with E-state index >= 15 is 0 Å². The summed E-state index contributed by atoms with van der Waals surface area (Å²) in [6.07, 6.45) is 6.37. The zero-order chi connectivity index (χ0) is 11.5. The number of pyridine rings is 1. The van der Waals surface area contributed by atoms with Crippen molar-refractivity contribution in [1.82, 2.24) is 4.98 Å². The van der Waals surface area contributed by atoms with Gasteiger partial charge in [0.25, 0.3) is 0 Å². The summed E-state index contributed by atoms with van der Waals surface area (Å²) in [6, 6.07) is 3.81. The molecule has 2 N–H and O–H groups in total. The smallest absolute Gasteiger partial charge is 0.132 e. The predicted octanol–water partition coefficient (Wildman–Crippen LogP) is 2.71. The first kappa shape index (κ1) is 13.7. The van der Waals surface area contributed by atoms with E-state index in [0.717, 1.165) is 11.4 Å². The number of aromatic nitrogens is 1. The number of rotatable bonds is 2. The summed E-state index contributed by atoms with van der Waals surface area (Å²) in [5.41, 5.74) is 6.73. The van der Waals surface area contributed by atoms with Gasteiger partial charge in [-0.25, -0.2) is 9.37 Å². The maximum absolute atomic E-state index is 12.8. The molecule has 3 nitrogen and oxygen atoms in total. The van der Waals surface area contributed by atoms with Gasteiger partial charge in [-0.3, -0.25) is 0 Å². The van der Waals surface area contributed by atoms with Gasteiger partial charge in [0.2, 0.25) is 0 Å². The molecular weight excluding hydrogens is 241 g/mol. The Balaban J connectivity index is 0.00000144. The zero-order valence-corrected chi connectivity index (χ0v) is 10.3. The van der Waals surface area contributed by atoms with Crippen molar-refractivity contribution in [2.24, 2.45) is 5.73 Å². The van der Waals surface area contributed by atoms with Crippen molar-refractivity contribution >= 4 is 18.2 Å². The molecule has 1 aliphatic rings. The molecule has 0 spiro atoms. The fourth-order valence-corrected chi connectivity index (χ4v) is 1.48. The van der Waals surface area contributed by atoms with E-state index in [9.17, 15) is 4.39 Å². The van der Waals surface area contributed by atoms with Gasteiger partial charge in [-0.1, -0.05) is 6.07 Å². The van der Waals surface area contributed by atoms with Gasteiger partial charge >= 0.3 is 0 Å². The molecule has 0 fully saturated rings. The van der Waals surface area contributed by atoms with Crippen LogP contribution < -0.4 is 10.6 Å². The van der Waals surface area contributed by atoms with Gasteiger partial charge in [-0.15, -0.1) is 12.4 Å². The average Bonchev–Trinajstić information content (AvgIpc) is 2.30. The molecular formula is C12H15ClFN3. The van der Waals surface area contributed by atoms with Crippen LogP contribution in [-0.4, -0.2) is 11.5 Å². The van der Waals surface area contributed by atoms with Crippen LogP contribution in [0.1, 0.15) is 18.5 Å². The molecule has 92 valence electrons. The maximum Gasteiger partial charge on any atom is 0.132 e. The molecule has 0 aromatic carbocycles. The molecule has 2 heterocycles. The van der Waals surface area contributed by atoms with Crippen LogP contribution in [0.4, 0.5) is 10.2 Å². The number of hydrogen-bond donors (Lipinski definition) is 1. The Kier molecular flexibility index (Phi) is 4.66. The largest absolute Gasteiger partial charge is 0.329 e. The lowest BCUT2D eigenvalue weighted by molar-refractivity contribution is 0.656. The quantitative estimate of drug-likeness (QED) is 0.884. The molecule has 0 saturated carbocycles. The summed E-state index contributed by atoms with van der Waals surface area (Å²) in [6.45, 7) is 2.42. The Morgan fingerprint density at radius 2 is 2.24 bits per heavy atom. The van der Waals surface area contributed by atoms with Crippen LogP contribution in [0.3, 0.4) is 0 Å². The highest BCUT2D eigenvalue weighted by Gasteiger charge is 2.08. The summed E-state index contributed by atoms with van der Waals surface area (Å²) in [5, 5.41) is 0. The second-order valence-electron chi connectivity index (χ2n) is 3.80. The van der Waals surface area contributed by atoms with E-state index in [-0.39, 0.29) is 24.3 Å². The Morgan fingerprint density at radius 1 is 1.47 bits per heavy atom. The topological polar surface area (TPSA) is 42.1 Å². The van der Waals surface area contributed by atoms with Crippen LogP contribution in [0.2, 0.25) is 0 Å². The Hall–Kier alpha value is -1.39. The van der Waals surface area contributed by atoms with E-state index in [4.69, 9.17) is 5.73 Å². The average molecular weight is 256 g/mol. The van der Waals surface area contributed by atoms with Gasteiger partial charge in [-0.2, -0.15) is 0 Å². The highest BCUT2D eigenvalue weighted by molar-refractivity contribution is 5.85. The zero-order valence-electron chi connectivity index (χ0n) is 9.51. The fraction of sp³-hybridized carbons (Fsp3) is 0.250. The summed E-state index contributed by atoms with van der Waals surface area (Å²) >= 11 is 0. The second kappa shape index (κ2) is 5.80. The lowest BCUT2D eigenvalue weighted by Crippen LogP contribution is -2.19. The van der Waals surface area contributed by atoms with Gasteiger partial charge in [-0.05, 0) is 30.7 Å². The van der Waals surface area contributed by atoms with Crippen molar-refractivity contribution in [2.75, 3.05) is 11.4 Å². The normalized spacial score (nSPS) is 16.2. The Labute approximate surface area is 106 Å². The molecule has 0 bridgehead atoms. The van der Waals surface area contributed by atoms with E-state index in [0.29, 0.717) is 6.54 Å². The minimum absolute atomic E-state index is 0. The van der Waals surface area contributed by atoms with Crippen LogP contribution in [-0.2, 0) is 0 Å². The molecule has 1 aromatic rings. The molecule has 5 heteroatoms. The first-order valence-electron chi connectivity index (χ1n) is 5.19. The number of anilines is 1. The molecule has 0 amide bonds. The third kappa shape index (κ3) is 3.28. The van der Waals surface area contributed by atoms with Gasteiger partial charge in [0, 0.05) is 25.0 Å². The summed E-state index contributed by atoms with van der Waals surface area (Å²) in [4.78, 5) is 6.16. The number of nitrogens with zero attached hydrogens (tertiary/aromatic N) is 2. The highest BCUT2D eigenvalue weighted by Crippen LogP contribution is 2.18. The van der Waals surface area contributed by atoms with E-state index in [1.807, 2.05) is 24.0 Å². The molecule has 17 heavy (non-hydrogen) atoms. The van der Waals surface area contributed by atoms with E-state index < -0.39 is 0 Å². The van der Waals surface area contributed by atoms with Crippen LogP contribution in [0, 0.1) is 0 Å². The molecule has 2 rings (SSSR count). The van der Waals surface area contributed by atoms with E-state index in [2.05, 4.69) is 4.98 Å². The standard InChI is InChI=1S/C12H14FN3.ClH/c1-9(14)10-2-3-12(15-8-10)16-6-4-11(13)5-7-16;/h2-6,8-9H,7,14H2,1H3;1H/t9-;/m0./s1. The van der Waals surface area contributed by atoms with E-state index in [1.165, 1.54) is 12.2 Å². The number of allylic oxidation sites excluding steroid dienone is 2. The van der Waals surface area contributed by atoms with Crippen molar-refractivity contribution in [2.45, 2.75) is 13.0 Å². The van der Waals surface area contributed by atoms with Crippen LogP contribution in [0.5, 0.6) is 0 Å².